The van der Waals surface area contributed by atoms with Gasteiger partial charge in [-0.15, -0.1) is 0 Å². The van der Waals surface area contributed by atoms with Crippen LogP contribution in [0.2, 0.25) is 0 Å². The number of carbonyl (C=O) groups is 2. The molecule has 1 atom stereocenters. The Morgan fingerprint density at radius 3 is 2.43 bits per heavy atom. The van der Waals surface area contributed by atoms with E-state index in [-0.39, 0.29) is 5.56 Å². The SMILES string of the molecule is C[C@H](NS(=O)(=O)c1cccc(C(=O)NCC(F)(F)F)c1)C(=O)O. The van der Waals surface area contributed by atoms with E-state index in [1.54, 1.807) is 5.32 Å². The predicted molar refractivity (Wildman–Crippen MR) is 72.2 cm³/mol. The van der Waals surface area contributed by atoms with Crippen molar-refractivity contribution in [1.82, 2.24) is 10.0 Å². The van der Waals surface area contributed by atoms with Crippen molar-refractivity contribution < 1.29 is 36.3 Å². The lowest BCUT2D eigenvalue weighted by Crippen LogP contribution is -2.38. The van der Waals surface area contributed by atoms with Gasteiger partial charge in [0, 0.05) is 5.56 Å². The molecule has 0 saturated carbocycles. The molecule has 0 heterocycles. The third-order valence-electron chi connectivity index (χ3n) is 2.56. The van der Waals surface area contributed by atoms with Crippen molar-refractivity contribution in [1.29, 1.82) is 0 Å². The molecule has 1 amide bonds. The quantitative estimate of drug-likeness (QED) is 0.697. The van der Waals surface area contributed by atoms with E-state index < -0.39 is 45.6 Å². The summed E-state index contributed by atoms with van der Waals surface area (Å²) in [4.78, 5) is 21.8. The first-order valence-electron chi connectivity index (χ1n) is 6.12. The number of alkyl halides is 3. The van der Waals surface area contributed by atoms with E-state index in [1.165, 1.54) is 0 Å². The number of benzene rings is 1. The van der Waals surface area contributed by atoms with Crippen LogP contribution < -0.4 is 10.0 Å². The molecule has 0 aromatic heterocycles. The Kier molecular flexibility index (Phi) is 5.72. The number of nitrogens with one attached hydrogen (secondary N) is 2. The highest BCUT2D eigenvalue weighted by atomic mass is 32.2. The van der Waals surface area contributed by atoms with Crippen molar-refractivity contribution in [2.24, 2.45) is 0 Å². The van der Waals surface area contributed by atoms with E-state index in [9.17, 15) is 31.2 Å². The van der Waals surface area contributed by atoms with Crippen molar-refractivity contribution in [2.75, 3.05) is 6.54 Å². The molecule has 1 rings (SSSR count). The highest BCUT2D eigenvalue weighted by molar-refractivity contribution is 7.89. The fraction of sp³-hybridized carbons (Fsp3) is 0.333. The summed E-state index contributed by atoms with van der Waals surface area (Å²) in [5.74, 6) is -2.52. The van der Waals surface area contributed by atoms with E-state index in [2.05, 4.69) is 0 Å². The minimum atomic E-state index is -4.60. The zero-order chi connectivity index (χ0) is 17.8. The second kappa shape index (κ2) is 6.96. The minimum Gasteiger partial charge on any atom is -0.480 e. The van der Waals surface area contributed by atoms with Crippen LogP contribution >= 0.6 is 0 Å². The van der Waals surface area contributed by atoms with Crippen LogP contribution in [-0.2, 0) is 14.8 Å². The molecule has 0 spiro atoms. The summed E-state index contributed by atoms with van der Waals surface area (Å²) < 4.78 is 61.9. The molecule has 0 saturated heterocycles. The Labute approximate surface area is 129 Å². The molecule has 0 radical (unpaired) electrons. The van der Waals surface area contributed by atoms with Crippen LogP contribution in [0.15, 0.2) is 29.2 Å². The van der Waals surface area contributed by atoms with Gasteiger partial charge in [-0.2, -0.15) is 17.9 Å². The number of hydrogen-bond donors (Lipinski definition) is 3. The van der Waals surface area contributed by atoms with E-state index in [0.29, 0.717) is 0 Å². The molecule has 1 aromatic carbocycles. The minimum absolute atomic E-state index is 0.305. The summed E-state index contributed by atoms with van der Waals surface area (Å²) in [5, 5.41) is 10.3. The van der Waals surface area contributed by atoms with Gasteiger partial charge in [0.1, 0.15) is 12.6 Å². The summed E-state index contributed by atoms with van der Waals surface area (Å²) in [6, 6.07) is 2.80. The summed E-state index contributed by atoms with van der Waals surface area (Å²) in [5.41, 5.74) is -0.305. The standard InChI is InChI=1S/C12H13F3N2O5S/c1-7(11(19)20)17-23(21,22)9-4-2-3-8(5-9)10(18)16-6-12(13,14)15/h2-5,7,17H,6H2,1H3,(H,16,18)(H,19,20)/t7-/m0/s1. The zero-order valence-electron chi connectivity index (χ0n) is 11.7. The van der Waals surface area contributed by atoms with E-state index >= 15 is 0 Å². The summed E-state index contributed by atoms with van der Waals surface area (Å²) in [7, 11) is -4.24. The molecule has 0 aliphatic heterocycles. The van der Waals surface area contributed by atoms with E-state index in [1.807, 2.05) is 4.72 Å². The number of rotatable bonds is 6. The molecule has 7 nitrogen and oxygen atoms in total. The van der Waals surface area contributed by atoms with Gasteiger partial charge in [-0.3, -0.25) is 9.59 Å². The van der Waals surface area contributed by atoms with Crippen LogP contribution in [0.25, 0.3) is 0 Å². The summed E-state index contributed by atoms with van der Waals surface area (Å²) in [6.07, 6.45) is -4.60. The maximum atomic E-state index is 12.0. The number of halogens is 3. The average molecular weight is 354 g/mol. The molecule has 3 N–H and O–H groups in total. The van der Waals surface area contributed by atoms with Crippen LogP contribution in [0.1, 0.15) is 17.3 Å². The highest BCUT2D eigenvalue weighted by Gasteiger charge is 2.28. The fourth-order valence-corrected chi connectivity index (χ4v) is 2.68. The summed E-state index contributed by atoms with van der Waals surface area (Å²) >= 11 is 0. The van der Waals surface area contributed by atoms with Crippen LogP contribution in [0.5, 0.6) is 0 Å². The van der Waals surface area contributed by atoms with Crippen LogP contribution in [0.4, 0.5) is 13.2 Å². The first kappa shape index (κ1) is 18.9. The molecule has 0 aliphatic carbocycles. The van der Waals surface area contributed by atoms with Crippen LogP contribution in [-0.4, -0.2) is 44.2 Å². The van der Waals surface area contributed by atoms with Gasteiger partial charge in [0.2, 0.25) is 10.0 Å². The van der Waals surface area contributed by atoms with Crippen molar-refractivity contribution >= 4 is 21.9 Å². The van der Waals surface area contributed by atoms with Gasteiger partial charge >= 0.3 is 12.1 Å². The number of hydrogen-bond acceptors (Lipinski definition) is 4. The number of sulfonamides is 1. The molecule has 128 valence electrons. The molecule has 0 aliphatic rings. The van der Waals surface area contributed by atoms with Gasteiger partial charge in [-0.05, 0) is 25.1 Å². The third-order valence-corrected chi connectivity index (χ3v) is 4.10. The third kappa shape index (κ3) is 5.87. The second-order valence-electron chi connectivity index (χ2n) is 4.51. The highest BCUT2D eigenvalue weighted by Crippen LogP contribution is 2.14. The van der Waals surface area contributed by atoms with Crippen LogP contribution in [0.3, 0.4) is 0 Å². The van der Waals surface area contributed by atoms with Crippen molar-refractivity contribution in [2.45, 2.75) is 24.0 Å². The molecular formula is C12H13F3N2O5S. The average Bonchev–Trinajstić information content (AvgIpc) is 2.43. The molecule has 0 bridgehead atoms. The molecule has 1 aromatic rings. The lowest BCUT2D eigenvalue weighted by molar-refractivity contribution is -0.138. The van der Waals surface area contributed by atoms with Gasteiger partial charge in [0.25, 0.3) is 5.91 Å². The zero-order valence-corrected chi connectivity index (χ0v) is 12.5. The number of carboxylic acid groups (broad SMARTS) is 1. The first-order chi connectivity index (χ1) is 10.4. The molecular weight excluding hydrogens is 341 g/mol. The maximum absolute atomic E-state index is 12.0. The Bertz CT molecular complexity index is 703. The number of carbonyl (C=O) groups excluding carboxylic acids is 1. The van der Waals surface area contributed by atoms with E-state index in [4.69, 9.17) is 5.11 Å². The Morgan fingerprint density at radius 1 is 1.30 bits per heavy atom. The molecule has 23 heavy (non-hydrogen) atoms. The summed E-state index contributed by atoms with van der Waals surface area (Å²) in [6.45, 7) is -0.461. The number of aliphatic carboxylic acids is 1. The first-order valence-corrected chi connectivity index (χ1v) is 7.61. The monoisotopic (exact) mass is 354 g/mol. The second-order valence-corrected chi connectivity index (χ2v) is 6.22. The maximum Gasteiger partial charge on any atom is 0.405 e. The molecule has 0 unspecified atom stereocenters. The Morgan fingerprint density at radius 2 is 1.91 bits per heavy atom. The van der Waals surface area contributed by atoms with E-state index in [0.717, 1.165) is 31.2 Å². The van der Waals surface area contributed by atoms with Gasteiger partial charge < -0.3 is 10.4 Å². The van der Waals surface area contributed by atoms with Crippen molar-refractivity contribution in [3.63, 3.8) is 0 Å². The van der Waals surface area contributed by atoms with Gasteiger partial charge in [-0.1, -0.05) is 6.07 Å². The van der Waals surface area contributed by atoms with Crippen LogP contribution in [0, 0.1) is 0 Å². The Balaban J connectivity index is 2.96. The smallest absolute Gasteiger partial charge is 0.405 e. The lowest BCUT2D eigenvalue weighted by atomic mass is 10.2. The molecule has 0 fully saturated rings. The topological polar surface area (TPSA) is 113 Å². The largest absolute Gasteiger partial charge is 0.480 e. The molecule has 11 heteroatoms. The van der Waals surface area contributed by atoms with Gasteiger partial charge in [-0.25, -0.2) is 8.42 Å². The predicted octanol–water partition coefficient (Wildman–Crippen LogP) is 0.730. The fourth-order valence-electron chi connectivity index (χ4n) is 1.44. The van der Waals surface area contributed by atoms with Crippen molar-refractivity contribution in [3.05, 3.63) is 29.8 Å². The number of carboxylic acids is 1. The normalized spacial score (nSPS) is 13.4. The lowest BCUT2D eigenvalue weighted by Gasteiger charge is -2.12. The number of amides is 1. The van der Waals surface area contributed by atoms with Gasteiger partial charge in [0.15, 0.2) is 0 Å². The Hall–Kier alpha value is -2.14. The van der Waals surface area contributed by atoms with Gasteiger partial charge in [0.05, 0.1) is 4.90 Å². The van der Waals surface area contributed by atoms with Crippen molar-refractivity contribution in [3.8, 4) is 0 Å².